The Morgan fingerprint density at radius 1 is 0.510 bits per heavy atom. The van der Waals surface area contributed by atoms with Crippen molar-refractivity contribution in [1.82, 2.24) is 0 Å². The third kappa shape index (κ3) is 9.07. The highest BCUT2D eigenvalue weighted by atomic mass is 31.2. The molecule has 0 aliphatic heterocycles. The summed E-state index contributed by atoms with van der Waals surface area (Å²) in [6, 6.07) is 16.7. The molecule has 49 heavy (non-hydrogen) atoms. The van der Waals surface area contributed by atoms with Crippen molar-refractivity contribution in [2.45, 2.75) is 13.2 Å². The lowest BCUT2D eigenvalue weighted by Crippen LogP contribution is -2.03. The highest BCUT2D eigenvalue weighted by molar-refractivity contribution is 7.48. The molecule has 1 atom stereocenters. The summed E-state index contributed by atoms with van der Waals surface area (Å²) < 4.78 is 56.7. The first-order valence-corrected chi connectivity index (χ1v) is 16.3. The number of ether oxygens (including phenoxy) is 6. The van der Waals surface area contributed by atoms with Gasteiger partial charge in [0.25, 0.3) is 0 Å². The molecule has 4 aromatic carbocycles. The average molecular weight is 695 g/mol. The topological polar surface area (TPSA) is 152 Å². The molecule has 0 spiro atoms. The lowest BCUT2D eigenvalue weighted by Gasteiger charge is -2.18. The predicted molar refractivity (Wildman–Crippen MR) is 186 cm³/mol. The van der Waals surface area contributed by atoms with Gasteiger partial charge in [-0.2, -0.15) is 0 Å². The molecule has 0 aliphatic carbocycles. The predicted octanol–water partition coefficient (Wildman–Crippen LogP) is 6.62. The van der Waals surface area contributed by atoms with E-state index in [1.54, 1.807) is 72.8 Å². The smallest absolute Gasteiger partial charge is 0.496 e. The summed E-state index contributed by atoms with van der Waals surface area (Å²) in [6.07, 6.45) is 7.06. The Bertz CT molecular complexity index is 1690. The largest absolute Gasteiger partial charge is 0.585 e. The van der Waals surface area contributed by atoms with Crippen LogP contribution in [-0.4, -0.2) is 57.8 Å². The molecule has 0 bridgehead atoms. The molecule has 4 rings (SSSR count). The zero-order valence-electron chi connectivity index (χ0n) is 28.0. The van der Waals surface area contributed by atoms with Crippen LogP contribution < -0.4 is 37.5 Å². The highest BCUT2D eigenvalue weighted by Crippen LogP contribution is 2.49. The van der Waals surface area contributed by atoms with Crippen LogP contribution in [0.3, 0.4) is 0 Å². The Kier molecular flexibility index (Phi) is 12.6. The van der Waals surface area contributed by atoms with E-state index in [-0.39, 0.29) is 36.2 Å². The molecule has 0 fully saturated rings. The quantitative estimate of drug-likeness (QED) is 0.0854. The molecule has 0 saturated carbocycles. The second-order valence-electron chi connectivity index (χ2n) is 10.3. The molecule has 4 aromatic rings. The molecule has 12 nitrogen and oxygen atoms in total. The summed E-state index contributed by atoms with van der Waals surface area (Å²) >= 11 is 0. The van der Waals surface area contributed by atoms with E-state index in [0.717, 1.165) is 5.56 Å². The van der Waals surface area contributed by atoms with Gasteiger partial charge in [-0.3, -0.25) is 4.89 Å². The van der Waals surface area contributed by atoms with Crippen molar-refractivity contribution < 1.29 is 57.1 Å². The number of phosphoric ester groups is 1. The highest BCUT2D eigenvalue weighted by Gasteiger charge is 2.29. The van der Waals surface area contributed by atoms with Crippen molar-refractivity contribution in [1.29, 1.82) is 0 Å². The van der Waals surface area contributed by atoms with Gasteiger partial charge < -0.3 is 47.7 Å². The van der Waals surface area contributed by atoms with Crippen LogP contribution in [0, 0.1) is 0 Å². The van der Waals surface area contributed by atoms with Crippen molar-refractivity contribution in [2.24, 2.45) is 0 Å². The first kappa shape index (κ1) is 36.7. The number of phosphoric acid groups is 1. The lowest BCUT2D eigenvalue weighted by atomic mass is 10.0. The minimum absolute atomic E-state index is 0.0321. The molecule has 1 unspecified atom stereocenters. The van der Waals surface area contributed by atoms with Gasteiger partial charge in [0, 0.05) is 5.56 Å². The van der Waals surface area contributed by atoms with Crippen molar-refractivity contribution >= 4 is 32.1 Å². The van der Waals surface area contributed by atoms with E-state index in [1.807, 2.05) is 0 Å². The van der Waals surface area contributed by atoms with Gasteiger partial charge in [-0.05, 0) is 76.3 Å². The van der Waals surface area contributed by atoms with Crippen LogP contribution in [0.15, 0.2) is 60.7 Å². The molecule has 0 radical (unpaired) electrons. The molecule has 0 aliphatic rings. The molecular formula is C36H39O12P. The second-order valence-corrected chi connectivity index (χ2v) is 11.6. The number of hydrogen-bond donors (Lipinski definition) is 3. The maximum Gasteiger partial charge on any atom is 0.585 e. The molecule has 0 heterocycles. The number of aliphatic hydroxyl groups excluding tert-OH is 2. The molecule has 0 amide bonds. The van der Waals surface area contributed by atoms with Gasteiger partial charge in [0.05, 0.1) is 55.9 Å². The van der Waals surface area contributed by atoms with E-state index in [0.29, 0.717) is 50.8 Å². The molecular weight excluding hydrogens is 655 g/mol. The Morgan fingerprint density at radius 2 is 0.918 bits per heavy atom. The summed E-state index contributed by atoms with van der Waals surface area (Å²) in [5, 5.41) is 19.4. The first-order chi connectivity index (χ1) is 23.6. The van der Waals surface area contributed by atoms with Crippen LogP contribution in [0.4, 0.5) is 0 Å². The van der Waals surface area contributed by atoms with Crippen LogP contribution in [0.25, 0.3) is 24.3 Å². The standard InChI is InChI=1S/C36H39O12P/c1-41-29-13-11-23(7-9-25-15-27(21-37)28(22-38)31(18-25)43-3)16-32(29)47-49(39,40)48-33-17-24(12-14-30(33)42-2)8-10-26-19-34(44-4)36(46-6)35(20-26)45-5/h7-20,37-38H,21-22H2,1-6H3,(H,39,40)/b9-7-,10-8-. The SMILES string of the molecule is COc1ccc(/C=C\c2cc(CO)c(CO)c(OC)c2)cc1OP(=O)(O)Oc1cc(/C=C\c2cc(OC)c(OC)c(OC)c2)ccc1OC. The number of aliphatic hydroxyl groups is 2. The zero-order chi connectivity index (χ0) is 35.6. The minimum Gasteiger partial charge on any atom is -0.496 e. The number of hydrogen-bond acceptors (Lipinski definition) is 11. The fourth-order valence-electron chi connectivity index (χ4n) is 4.91. The van der Waals surface area contributed by atoms with Crippen LogP contribution in [0.1, 0.15) is 33.4 Å². The number of benzene rings is 4. The summed E-state index contributed by atoms with van der Waals surface area (Å²) in [5.41, 5.74) is 3.69. The molecule has 260 valence electrons. The maximum absolute atomic E-state index is 13.3. The fourth-order valence-corrected chi connectivity index (χ4v) is 5.73. The van der Waals surface area contributed by atoms with E-state index >= 15 is 0 Å². The Labute approximate surface area is 284 Å². The number of methoxy groups -OCH3 is 6. The van der Waals surface area contributed by atoms with Crippen LogP contribution in [-0.2, 0) is 17.8 Å². The third-order valence-corrected chi connectivity index (χ3v) is 8.15. The van der Waals surface area contributed by atoms with Crippen molar-refractivity contribution in [3.63, 3.8) is 0 Å². The molecule has 0 saturated heterocycles. The fraction of sp³-hybridized carbons (Fsp3) is 0.222. The Morgan fingerprint density at radius 3 is 1.33 bits per heavy atom. The van der Waals surface area contributed by atoms with Crippen molar-refractivity contribution in [3.05, 3.63) is 94.0 Å². The third-order valence-electron chi connectivity index (χ3n) is 7.30. The van der Waals surface area contributed by atoms with Crippen molar-refractivity contribution in [2.75, 3.05) is 42.7 Å². The van der Waals surface area contributed by atoms with E-state index in [4.69, 9.17) is 37.5 Å². The summed E-state index contributed by atoms with van der Waals surface area (Å²) in [4.78, 5) is 10.9. The van der Waals surface area contributed by atoms with E-state index in [2.05, 4.69) is 0 Å². The summed E-state index contributed by atoms with van der Waals surface area (Å²) in [5.74, 6) is 2.19. The van der Waals surface area contributed by atoms with Gasteiger partial charge in [-0.15, -0.1) is 0 Å². The second kappa shape index (κ2) is 16.8. The zero-order valence-corrected chi connectivity index (χ0v) is 28.9. The van der Waals surface area contributed by atoms with E-state index in [9.17, 15) is 19.7 Å². The van der Waals surface area contributed by atoms with E-state index in [1.165, 1.54) is 54.8 Å². The van der Waals surface area contributed by atoms with Crippen molar-refractivity contribution in [3.8, 4) is 46.0 Å². The summed E-state index contributed by atoms with van der Waals surface area (Å²) in [6.45, 7) is -0.565. The number of rotatable bonds is 16. The molecule has 0 aromatic heterocycles. The summed E-state index contributed by atoms with van der Waals surface area (Å²) in [7, 11) is 4.08. The van der Waals surface area contributed by atoms with Crippen LogP contribution in [0.5, 0.6) is 46.0 Å². The normalized spacial score (nSPS) is 12.4. The lowest BCUT2D eigenvalue weighted by molar-refractivity contribution is 0.254. The Hall–Kier alpha value is -5.13. The maximum atomic E-state index is 13.3. The van der Waals surface area contributed by atoms with Crippen LogP contribution in [0.2, 0.25) is 0 Å². The van der Waals surface area contributed by atoms with E-state index < -0.39 is 7.82 Å². The van der Waals surface area contributed by atoms with Gasteiger partial charge in [0.2, 0.25) is 5.75 Å². The molecule has 3 N–H and O–H groups in total. The van der Waals surface area contributed by atoms with Crippen LogP contribution >= 0.6 is 7.82 Å². The molecule has 13 heteroatoms. The Balaban J connectivity index is 1.58. The minimum atomic E-state index is -4.79. The monoisotopic (exact) mass is 694 g/mol. The first-order valence-electron chi connectivity index (χ1n) is 14.8. The van der Waals surface area contributed by atoms with Gasteiger partial charge in [-0.1, -0.05) is 36.4 Å². The average Bonchev–Trinajstić information content (AvgIpc) is 3.11. The van der Waals surface area contributed by atoms with Gasteiger partial charge in [-0.25, -0.2) is 4.57 Å². The van der Waals surface area contributed by atoms with Gasteiger partial charge in [0.1, 0.15) is 5.75 Å². The van der Waals surface area contributed by atoms with Gasteiger partial charge >= 0.3 is 7.82 Å². The van der Waals surface area contributed by atoms with Gasteiger partial charge in [0.15, 0.2) is 34.5 Å².